The number of hydrogen-bond donors (Lipinski definition) is 0. The first kappa shape index (κ1) is 21.8. The minimum absolute atomic E-state index is 0.00459. The summed E-state index contributed by atoms with van der Waals surface area (Å²) in [6.07, 6.45) is 1.85. The molecule has 0 radical (unpaired) electrons. The molecular formula is C27H25ClN2O2. The summed E-state index contributed by atoms with van der Waals surface area (Å²) < 4.78 is 6.14. The molecule has 0 bridgehead atoms. The van der Waals surface area contributed by atoms with Gasteiger partial charge in [0.05, 0.1) is 10.5 Å². The number of carbonyl (C=O) groups is 1. The third-order valence-electron chi connectivity index (χ3n) is 5.53. The van der Waals surface area contributed by atoms with Gasteiger partial charge < -0.3 is 9.64 Å². The SMILES string of the molecule is CCN(CC)C(=O)c1cccc(Oc2cccc(-c3c(C)cnc4c(Cl)cccc34)c2)c1. The summed E-state index contributed by atoms with van der Waals surface area (Å²) in [6, 6.07) is 21.1. The van der Waals surface area contributed by atoms with E-state index in [4.69, 9.17) is 16.3 Å². The number of carbonyl (C=O) groups excluding carboxylic acids is 1. The van der Waals surface area contributed by atoms with Crippen molar-refractivity contribution in [3.05, 3.63) is 89.1 Å². The van der Waals surface area contributed by atoms with Gasteiger partial charge in [-0.25, -0.2) is 0 Å². The zero-order valence-electron chi connectivity index (χ0n) is 18.4. The molecule has 0 aliphatic rings. The van der Waals surface area contributed by atoms with Gasteiger partial charge in [-0.3, -0.25) is 9.78 Å². The van der Waals surface area contributed by atoms with Gasteiger partial charge in [-0.1, -0.05) is 41.9 Å². The molecule has 0 atom stereocenters. The average molecular weight is 445 g/mol. The number of amides is 1. The fourth-order valence-electron chi connectivity index (χ4n) is 3.91. The van der Waals surface area contributed by atoms with E-state index in [1.807, 2.05) is 81.6 Å². The normalized spacial score (nSPS) is 10.9. The Labute approximate surface area is 193 Å². The van der Waals surface area contributed by atoms with E-state index in [1.165, 1.54) is 0 Å². The Hall–Kier alpha value is -3.37. The van der Waals surface area contributed by atoms with Crippen LogP contribution in [0, 0.1) is 6.92 Å². The maximum atomic E-state index is 12.7. The molecule has 4 aromatic rings. The van der Waals surface area contributed by atoms with Crippen LogP contribution in [0.2, 0.25) is 5.02 Å². The van der Waals surface area contributed by atoms with Gasteiger partial charge in [0.1, 0.15) is 11.5 Å². The first-order valence-electron chi connectivity index (χ1n) is 10.7. The number of aryl methyl sites for hydroxylation is 1. The van der Waals surface area contributed by atoms with Crippen molar-refractivity contribution >= 4 is 28.4 Å². The number of benzene rings is 3. The van der Waals surface area contributed by atoms with Crippen molar-refractivity contribution < 1.29 is 9.53 Å². The summed E-state index contributed by atoms with van der Waals surface area (Å²) in [5.74, 6) is 1.32. The molecule has 3 aromatic carbocycles. The third-order valence-corrected chi connectivity index (χ3v) is 5.83. The molecule has 1 amide bonds. The summed E-state index contributed by atoms with van der Waals surface area (Å²) in [6.45, 7) is 7.34. The topological polar surface area (TPSA) is 42.4 Å². The molecule has 1 heterocycles. The lowest BCUT2D eigenvalue weighted by molar-refractivity contribution is 0.0772. The first-order valence-corrected chi connectivity index (χ1v) is 11.1. The molecule has 4 rings (SSSR count). The zero-order valence-corrected chi connectivity index (χ0v) is 19.2. The van der Waals surface area contributed by atoms with Crippen molar-refractivity contribution in [2.75, 3.05) is 13.1 Å². The highest BCUT2D eigenvalue weighted by atomic mass is 35.5. The number of halogens is 1. The summed E-state index contributed by atoms with van der Waals surface area (Å²) >= 11 is 6.37. The van der Waals surface area contributed by atoms with Crippen molar-refractivity contribution in [1.82, 2.24) is 9.88 Å². The average Bonchev–Trinajstić information content (AvgIpc) is 2.80. The van der Waals surface area contributed by atoms with Crippen LogP contribution in [-0.2, 0) is 0 Å². The number of ether oxygens (including phenoxy) is 1. The monoisotopic (exact) mass is 444 g/mol. The Balaban J connectivity index is 1.68. The van der Waals surface area contributed by atoms with E-state index in [9.17, 15) is 4.79 Å². The lowest BCUT2D eigenvalue weighted by atomic mass is 9.97. The molecule has 0 spiro atoms. The minimum atomic E-state index is 0.00459. The highest BCUT2D eigenvalue weighted by Gasteiger charge is 2.14. The van der Waals surface area contributed by atoms with Gasteiger partial charge in [0, 0.05) is 30.2 Å². The standard InChI is InChI=1S/C27H25ClN2O2/c1-4-30(5-2)27(31)20-10-7-12-22(16-20)32-21-11-6-9-19(15-21)25-18(3)17-29-26-23(25)13-8-14-24(26)28/h6-17H,4-5H2,1-3H3. The van der Waals surface area contributed by atoms with Crippen molar-refractivity contribution in [1.29, 1.82) is 0 Å². The van der Waals surface area contributed by atoms with E-state index in [1.54, 1.807) is 11.0 Å². The van der Waals surface area contributed by atoms with Crippen molar-refractivity contribution in [2.45, 2.75) is 20.8 Å². The number of pyridine rings is 1. The van der Waals surface area contributed by atoms with E-state index in [0.29, 0.717) is 35.2 Å². The van der Waals surface area contributed by atoms with Gasteiger partial charge in [0.2, 0.25) is 0 Å². The van der Waals surface area contributed by atoms with Crippen LogP contribution >= 0.6 is 11.6 Å². The predicted octanol–water partition coefficient (Wildman–Crippen LogP) is 7.14. The Kier molecular flexibility index (Phi) is 6.42. The molecule has 32 heavy (non-hydrogen) atoms. The van der Waals surface area contributed by atoms with Crippen molar-refractivity contribution in [2.24, 2.45) is 0 Å². The van der Waals surface area contributed by atoms with Crippen LogP contribution in [0.15, 0.2) is 72.9 Å². The summed E-state index contributed by atoms with van der Waals surface area (Å²) in [7, 11) is 0. The number of hydrogen-bond acceptors (Lipinski definition) is 3. The highest BCUT2D eigenvalue weighted by molar-refractivity contribution is 6.35. The molecule has 0 unspecified atom stereocenters. The second-order valence-corrected chi connectivity index (χ2v) is 7.99. The Bertz CT molecular complexity index is 1280. The van der Waals surface area contributed by atoms with Gasteiger partial charge in [-0.05, 0) is 73.9 Å². The molecule has 162 valence electrons. The third kappa shape index (κ3) is 4.32. The summed E-state index contributed by atoms with van der Waals surface area (Å²) in [5.41, 5.74) is 4.55. The fourth-order valence-corrected chi connectivity index (χ4v) is 4.13. The van der Waals surface area contributed by atoms with E-state index < -0.39 is 0 Å². The number of rotatable bonds is 6. The van der Waals surface area contributed by atoms with Crippen LogP contribution in [0.1, 0.15) is 29.8 Å². The Morgan fingerprint density at radius 2 is 1.66 bits per heavy atom. The van der Waals surface area contributed by atoms with Gasteiger partial charge in [0.25, 0.3) is 5.91 Å². The number of fused-ring (bicyclic) bond motifs is 1. The largest absolute Gasteiger partial charge is 0.457 e. The number of para-hydroxylation sites is 1. The van der Waals surface area contributed by atoms with Crippen LogP contribution in [0.5, 0.6) is 11.5 Å². The lowest BCUT2D eigenvalue weighted by Crippen LogP contribution is -2.30. The minimum Gasteiger partial charge on any atom is -0.457 e. The lowest BCUT2D eigenvalue weighted by Gasteiger charge is -2.19. The van der Waals surface area contributed by atoms with Crippen LogP contribution in [0.25, 0.3) is 22.0 Å². The molecule has 0 saturated carbocycles. The first-order chi connectivity index (χ1) is 15.5. The number of nitrogens with zero attached hydrogens (tertiary/aromatic N) is 2. The summed E-state index contributed by atoms with van der Waals surface area (Å²) in [4.78, 5) is 19.0. The molecule has 0 aliphatic carbocycles. The maximum absolute atomic E-state index is 12.7. The van der Waals surface area contributed by atoms with Crippen molar-refractivity contribution in [3.63, 3.8) is 0 Å². The van der Waals surface area contributed by atoms with Gasteiger partial charge >= 0.3 is 0 Å². The Morgan fingerprint density at radius 1 is 0.969 bits per heavy atom. The molecule has 0 saturated heterocycles. The quantitative estimate of drug-likeness (QED) is 0.317. The predicted molar refractivity (Wildman–Crippen MR) is 131 cm³/mol. The highest BCUT2D eigenvalue weighted by Crippen LogP contribution is 2.35. The zero-order chi connectivity index (χ0) is 22.7. The maximum Gasteiger partial charge on any atom is 0.253 e. The second kappa shape index (κ2) is 9.41. The van der Waals surface area contributed by atoms with E-state index in [0.717, 1.165) is 27.6 Å². The van der Waals surface area contributed by atoms with Gasteiger partial charge in [-0.15, -0.1) is 0 Å². The fraction of sp³-hybridized carbons (Fsp3) is 0.185. The van der Waals surface area contributed by atoms with Crippen LogP contribution < -0.4 is 4.74 Å². The van der Waals surface area contributed by atoms with Crippen LogP contribution in [0.4, 0.5) is 0 Å². The molecule has 4 nitrogen and oxygen atoms in total. The molecule has 0 N–H and O–H groups in total. The van der Waals surface area contributed by atoms with Gasteiger partial charge in [-0.2, -0.15) is 0 Å². The molecular weight excluding hydrogens is 420 g/mol. The number of aromatic nitrogens is 1. The molecule has 5 heteroatoms. The van der Waals surface area contributed by atoms with E-state index in [-0.39, 0.29) is 5.91 Å². The Morgan fingerprint density at radius 3 is 2.41 bits per heavy atom. The smallest absolute Gasteiger partial charge is 0.253 e. The molecule has 1 aromatic heterocycles. The van der Waals surface area contributed by atoms with Crippen LogP contribution in [0.3, 0.4) is 0 Å². The summed E-state index contributed by atoms with van der Waals surface area (Å²) in [5, 5.41) is 1.63. The van der Waals surface area contributed by atoms with Gasteiger partial charge in [0.15, 0.2) is 0 Å². The van der Waals surface area contributed by atoms with E-state index >= 15 is 0 Å². The molecule has 0 aliphatic heterocycles. The van der Waals surface area contributed by atoms with Crippen LogP contribution in [-0.4, -0.2) is 28.9 Å². The second-order valence-electron chi connectivity index (χ2n) is 7.59. The van der Waals surface area contributed by atoms with Crippen molar-refractivity contribution in [3.8, 4) is 22.6 Å². The molecule has 0 fully saturated rings. The van der Waals surface area contributed by atoms with E-state index in [2.05, 4.69) is 11.1 Å².